The van der Waals surface area contributed by atoms with E-state index in [0.717, 1.165) is 47.8 Å². The molecule has 2 aromatic heterocycles. The highest BCUT2D eigenvalue weighted by Crippen LogP contribution is 2.31. The number of nitrogens with one attached hydrogen (secondary N) is 1. The Morgan fingerprint density at radius 2 is 2.25 bits per heavy atom. The maximum atomic E-state index is 12.5. The van der Waals surface area contributed by atoms with Crippen molar-refractivity contribution in [2.24, 2.45) is 7.05 Å². The van der Waals surface area contributed by atoms with E-state index in [2.05, 4.69) is 48.9 Å². The molecular weight excluding hydrogens is 322 g/mol. The molecular formula is C17H19N5OS. The standard InChI is InChI=1S/C17H19N5OS/c1-21-9-3-7-14(21)15-8-4-10-22(15)11-16(23)18-12-5-2-6-13-17(12)20-24-19-13/h2-3,5-7,9,15H,4,8,10-11H2,1H3,(H,18,23)/t15-/m1/s1. The van der Waals surface area contributed by atoms with Crippen LogP contribution >= 0.6 is 11.7 Å². The van der Waals surface area contributed by atoms with Gasteiger partial charge in [-0.3, -0.25) is 9.69 Å². The Morgan fingerprint density at radius 1 is 1.33 bits per heavy atom. The number of hydrogen-bond acceptors (Lipinski definition) is 5. The molecule has 0 aliphatic carbocycles. The molecule has 0 bridgehead atoms. The molecule has 0 spiro atoms. The summed E-state index contributed by atoms with van der Waals surface area (Å²) in [6.07, 6.45) is 4.27. The van der Waals surface area contributed by atoms with Crippen molar-refractivity contribution in [3.05, 3.63) is 42.2 Å². The molecule has 0 unspecified atom stereocenters. The fraction of sp³-hybridized carbons (Fsp3) is 0.353. The molecule has 0 saturated carbocycles. The topological polar surface area (TPSA) is 63.1 Å². The summed E-state index contributed by atoms with van der Waals surface area (Å²) in [4.78, 5) is 14.8. The highest BCUT2D eigenvalue weighted by atomic mass is 32.1. The second-order valence-corrected chi connectivity index (χ2v) is 6.69. The summed E-state index contributed by atoms with van der Waals surface area (Å²) in [7, 11) is 2.06. The third kappa shape index (κ3) is 2.81. The van der Waals surface area contributed by atoms with Crippen LogP contribution in [0.2, 0.25) is 0 Å². The van der Waals surface area contributed by atoms with Crippen LogP contribution in [0, 0.1) is 0 Å². The Bertz CT molecular complexity index is 871. The predicted octanol–water partition coefficient (Wildman–Crippen LogP) is 2.81. The molecule has 124 valence electrons. The highest BCUT2D eigenvalue weighted by Gasteiger charge is 2.29. The van der Waals surface area contributed by atoms with Crippen LogP contribution in [0.15, 0.2) is 36.5 Å². The number of aromatic nitrogens is 3. The van der Waals surface area contributed by atoms with Gasteiger partial charge in [0.05, 0.1) is 30.0 Å². The van der Waals surface area contributed by atoms with Crippen LogP contribution in [0.1, 0.15) is 24.6 Å². The third-order valence-corrected chi connectivity index (χ3v) is 5.14. The first-order chi connectivity index (χ1) is 11.7. The maximum absolute atomic E-state index is 12.5. The van der Waals surface area contributed by atoms with Gasteiger partial charge in [0.25, 0.3) is 0 Å². The number of carbonyl (C=O) groups excluding carboxylic acids is 1. The SMILES string of the molecule is Cn1cccc1[C@H]1CCCN1CC(=O)Nc1cccc2nsnc12. The molecule has 6 nitrogen and oxygen atoms in total. The van der Waals surface area contributed by atoms with Crippen molar-refractivity contribution in [3.8, 4) is 0 Å². The number of rotatable bonds is 4. The normalized spacial score (nSPS) is 18.3. The number of anilines is 1. The lowest BCUT2D eigenvalue weighted by atomic mass is 10.1. The van der Waals surface area contributed by atoms with E-state index in [0.29, 0.717) is 12.6 Å². The van der Waals surface area contributed by atoms with Crippen molar-refractivity contribution >= 4 is 34.4 Å². The Labute approximate surface area is 144 Å². The number of benzene rings is 1. The largest absolute Gasteiger partial charge is 0.353 e. The number of aryl methyl sites for hydroxylation is 1. The van der Waals surface area contributed by atoms with Gasteiger partial charge in [-0.05, 0) is 43.7 Å². The highest BCUT2D eigenvalue weighted by molar-refractivity contribution is 7.00. The molecule has 3 aromatic rings. The Hall–Kier alpha value is -2.25. The number of nitrogens with zero attached hydrogens (tertiary/aromatic N) is 4. The molecule has 7 heteroatoms. The molecule has 1 fully saturated rings. The second-order valence-electron chi connectivity index (χ2n) is 6.16. The first-order valence-corrected chi connectivity index (χ1v) is 8.82. The first-order valence-electron chi connectivity index (χ1n) is 8.09. The lowest BCUT2D eigenvalue weighted by molar-refractivity contribution is -0.117. The maximum Gasteiger partial charge on any atom is 0.238 e. The summed E-state index contributed by atoms with van der Waals surface area (Å²) in [5, 5.41) is 3.00. The van der Waals surface area contributed by atoms with Gasteiger partial charge in [0.1, 0.15) is 11.0 Å². The lowest BCUT2D eigenvalue weighted by Gasteiger charge is -2.24. The fourth-order valence-corrected chi connectivity index (χ4v) is 4.00. The summed E-state index contributed by atoms with van der Waals surface area (Å²) in [6.45, 7) is 1.34. The number of hydrogen-bond donors (Lipinski definition) is 1. The number of fused-ring (bicyclic) bond motifs is 1. The number of likely N-dealkylation sites (tertiary alicyclic amines) is 1. The minimum absolute atomic E-state index is 0.00314. The summed E-state index contributed by atoms with van der Waals surface area (Å²) < 4.78 is 10.6. The van der Waals surface area contributed by atoms with Crippen LogP contribution in [0.3, 0.4) is 0 Å². The van der Waals surface area contributed by atoms with E-state index in [1.54, 1.807) is 0 Å². The molecule has 24 heavy (non-hydrogen) atoms. The summed E-state index contributed by atoms with van der Waals surface area (Å²) in [6, 6.07) is 10.2. The van der Waals surface area contributed by atoms with E-state index in [1.165, 1.54) is 5.69 Å². The van der Waals surface area contributed by atoms with E-state index in [4.69, 9.17) is 0 Å². The van der Waals surface area contributed by atoms with Crippen LogP contribution in [-0.2, 0) is 11.8 Å². The van der Waals surface area contributed by atoms with Crippen molar-refractivity contribution in [3.63, 3.8) is 0 Å². The van der Waals surface area contributed by atoms with Crippen LogP contribution in [0.25, 0.3) is 11.0 Å². The predicted molar refractivity (Wildman–Crippen MR) is 95.0 cm³/mol. The van der Waals surface area contributed by atoms with Gasteiger partial charge in [0, 0.05) is 18.9 Å². The van der Waals surface area contributed by atoms with Gasteiger partial charge in [0.2, 0.25) is 5.91 Å². The average Bonchev–Trinajstić information content (AvgIpc) is 3.27. The quantitative estimate of drug-likeness (QED) is 0.793. The zero-order valence-corrected chi connectivity index (χ0v) is 14.3. The van der Waals surface area contributed by atoms with Gasteiger partial charge >= 0.3 is 0 Å². The molecule has 1 N–H and O–H groups in total. The summed E-state index contributed by atoms with van der Waals surface area (Å²) in [5.74, 6) is -0.00314. The molecule has 3 heterocycles. The van der Waals surface area contributed by atoms with Crippen molar-refractivity contribution in [2.45, 2.75) is 18.9 Å². The van der Waals surface area contributed by atoms with Crippen molar-refractivity contribution in [1.82, 2.24) is 18.2 Å². The minimum atomic E-state index is -0.00314. The molecule has 4 rings (SSSR count). The summed E-state index contributed by atoms with van der Waals surface area (Å²) >= 11 is 1.16. The first kappa shape index (κ1) is 15.3. The molecule has 1 aliphatic rings. The van der Waals surface area contributed by atoms with Gasteiger partial charge in [-0.1, -0.05) is 6.07 Å². The van der Waals surface area contributed by atoms with E-state index in [-0.39, 0.29) is 5.91 Å². The van der Waals surface area contributed by atoms with Gasteiger partial charge in [0.15, 0.2) is 0 Å². The van der Waals surface area contributed by atoms with Gasteiger partial charge < -0.3 is 9.88 Å². The van der Waals surface area contributed by atoms with Gasteiger partial charge in [-0.25, -0.2) is 0 Å². The molecule has 1 saturated heterocycles. The average molecular weight is 341 g/mol. The van der Waals surface area contributed by atoms with Gasteiger partial charge in [-0.15, -0.1) is 0 Å². The van der Waals surface area contributed by atoms with Crippen LogP contribution < -0.4 is 5.32 Å². The second kappa shape index (κ2) is 6.33. The van der Waals surface area contributed by atoms with Crippen LogP contribution in [0.4, 0.5) is 5.69 Å². The fourth-order valence-electron chi connectivity index (χ4n) is 3.45. The third-order valence-electron chi connectivity index (χ3n) is 4.60. The van der Waals surface area contributed by atoms with Crippen LogP contribution in [0.5, 0.6) is 0 Å². The number of carbonyl (C=O) groups is 1. The zero-order valence-electron chi connectivity index (χ0n) is 13.5. The smallest absolute Gasteiger partial charge is 0.238 e. The Balaban J connectivity index is 1.48. The van der Waals surface area contributed by atoms with E-state index in [1.807, 2.05) is 18.2 Å². The van der Waals surface area contributed by atoms with E-state index in [9.17, 15) is 4.79 Å². The van der Waals surface area contributed by atoms with Crippen LogP contribution in [-0.4, -0.2) is 37.2 Å². The molecule has 1 amide bonds. The van der Waals surface area contributed by atoms with E-state index < -0.39 is 0 Å². The van der Waals surface area contributed by atoms with Crippen molar-refractivity contribution in [1.29, 1.82) is 0 Å². The molecule has 1 atom stereocenters. The number of amides is 1. The molecule has 0 radical (unpaired) electrons. The molecule has 1 aromatic carbocycles. The molecule has 1 aliphatic heterocycles. The van der Waals surface area contributed by atoms with Gasteiger partial charge in [-0.2, -0.15) is 8.75 Å². The summed E-state index contributed by atoms with van der Waals surface area (Å²) in [5.41, 5.74) is 3.59. The minimum Gasteiger partial charge on any atom is -0.353 e. The lowest BCUT2D eigenvalue weighted by Crippen LogP contribution is -2.33. The Kier molecular flexibility index (Phi) is 4.03. The Morgan fingerprint density at radius 3 is 3.08 bits per heavy atom. The van der Waals surface area contributed by atoms with Crippen molar-refractivity contribution in [2.75, 3.05) is 18.4 Å². The monoisotopic (exact) mass is 341 g/mol. The zero-order chi connectivity index (χ0) is 16.5. The van der Waals surface area contributed by atoms with E-state index >= 15 is 0 Å². The van der Waals surface area contributed by atoms with Crippen molar-refractivity contribution < 1.29 is 4.79 Å².